The van der Waals surface area contributed by atoms with Gasteiger partial charge in [-0.05, 0) is 17.7 Å². The number of hydrogen-bond acceptors (Lipinski definition) is 4. The molecule has 5 rings (SSSR count). The maximum Gasteiger partial charge on any atom is 0.255 e. The van der Waals surface area contributed by atoms with E-state index in [9.17, 15) is 9.59 Å². The van der Waals surface area contributed by atoms with E-state index in [1.807, 2.05) is 35.2 Å². The number of likely N-dealkylation sites (tertiary alicyclic amines) is 1. The molecule has 1 aromatic heterocycles. The Kier molecular flexibility index (Phi) is 3.37. The Morgan fingerprint density at radius 3 is 2.81 bits per heavy atom. The second kappa shape index (κ2) is 5.64. The van der Waals surface area contributed by atoms with Crippen LogP contribution in [0.25, 0.3) is 0 Å². The van der Waals surface area contributed by atoms with Crippen LogP contribution < -0.4 is 0 Å². The van der Waals surface area contributed by atoms with Crippen molar-refractivity contribution in [1.82, 2.24) is 14.8 Å². The maximum atomic E-state index is 12.9. The van der Waals surface area contributed by atoms with E-state index in [2.05, 4.69) is 4.98 Å². The van der Waals surface area contributed by atoms with Gasteiger partial charge in [0.05, 0.1) is 24.6 Å². The highest BCUT2D eigenvalue weighted by Crippen LogP contribution is 2.50. The van der Waals surface area contributed by atoms with Crippen LogP contribution in [0.15, 0.2) is 54.9 Å². The fraction of sp³-hybridized carbons (Fsp3) is 0.350. The predicted molar refractivity (Wildman–Crippen MR) is 93.0 cm³/mol. The summed E-state index contributed by atoms with van der Waals surface area (Å²) in [6.45, 7) is 1.14. The maximum absolute atomic E-state index is 12.9. The van der Waals surface area contributed by atoms with Gasteiger partial charge in [0.1, 0.15) is 6.10 Å². The van der Waals surface area contributed by atoms with E-state index >= 15 is 0 Å². The van der Waals surface area contributed by atoms with E-state index < -0.39 is 5.72 Å². The molecule has 26 heavy (non-hydrogen) atoms. The van der Waals surface area contributed by atoms with Crippen LogP contribution in [0, 0.1) is 0 Å². The van der Waals surface area contributed by atoms with Crippen molar-refractivity contribution >= 4 is 11.8 Å². The van der Waals surface area contributed by atoms with Crippen molar-refractivity contribution < 1.29 is 14.3 Å². The molecule has 3 aliphatic rings. The van der Waals surface area contributed by atoms with Gasteiger partial charge in [-0.3, -0.25) is 14.6 Å². The number of nitrogens with zero attached hydrogens (tertiary/aromatic N) is 3. The first-order valence-corrected chi connectivity index (χ1v) is 8.93. The number of carbonyl (C=O) groups excluding carboxylic acids is 2. The first-order chi connectivity index (χ1) is 12.7. The Hall–Kier alpha value is -2.73. The third-order valence-electron chi connectivity index (χ3n) is 5.77. The second-order valence-corrected chi connectivity index (χ2v) is 7.08. The molecular weight excluding hydrogens is 330 g/mol. The van der Waals surface area contributed by atoms with E-state index in [0.717, 1.165) is 5.56 Å². The van der Waals surface area contributed by atoms with Crippen LogP contribution in [0.4, 0.5) is 0 Å². The molecule has 0 unspecified atom stereocenters. The van der Waals surface area contributed by atoms with Crippen molar-refractivity contribution in [3.05, 3.63) is 66.0 Å². The number of rotatable bonds is 2. The van der Waals surface area contributed by atoms with Crippen molar-refractivity contribution in [3.8, 4) is 0 Å². The van der Waals surface area contributed by atoms with Gasteiger partial charge in [-0.1, -0.05) is 30.3 Å². The van der Waals surface area contributed by atoms with Gasteiger partial charge >= 0.3 is 0 Å². The van der Waals surface area contributed by atoms with E-state index in [4.69, 9.17) is 4.74 Å². The molecule has 3 saturated heterocycles. The van der Waals surface area contributed by atoms with Crippen molar-refractivity contribution in [1.29, 1.82) is 0 Å². The topological polar surface area (TPSA) is 62.7 Å². The van der Waals surface area contributed by atoms with E-state index in [1.165, 1.54) is 0 Å². The lowest BCUT2D eigenvalue weighted by molar-refractivity contribution is -0.138. The summed E-state index contributed by atoms with van der Waals surface area (Å²) in [6.07, 6.45) is 4.06. The average Bonchev–Trinajstić information content (AvgIpc) is 3.31. The van der Waals surface area contributed by atoms with Crippen LogP contribution in [-0.2, 0) is 9.53 Å². The summed E-state index contributed by atoms with van der Waals surface area (Å²) in [5.41, 5.74) is 0.933. The van der Waals surface area contributed by atoms with Gasteiger partial charge in [0, 0.05) is 25.4 Å². The van der Waals surface area contributed by atoms with Crippen molar-refractivity contribution in [2.75, 3.05) is 13.1 Å². The number of aromatic nitrogens is 1. The van der Waals surface area contributed by atoms with Crippen molar-refractivity contribution in [3.63, 3.8) is 0 Å². The number of hydrogen-bond donors (Lipinski definition) is 0. The van der Waals surface area contributed by atoms with Gasteiger partial charge < -0.3 is 14.5 Å². The molecule has 132 valence electrons. The first-order valence-electron chi connectivity index (χ1n) is 8.93. The Balaban J connectivity index is 1.45. The molecule has 1 aromatic carbocycles. The van der Waals surface area contributed by atoms with Crippen LogP contribution in [0.1, 0.15) is 34.9 Å². The standard InChI is InChI=1S/C20H19N3O3/c24-18-11-17-20(8-10-22(17)19(25)15-7-4-9-21-12-15)23(18)13-16(26-20)14-5-2-1-3-6-14/h1-7,9,12,16-17H,8,10-11,13H2/t16-,17+,20-/m0/s1. The fourth-order valence-corrected chi connectivity index (χ4v) is 4.56. The quantitative estimate of drug-likeness (QED) is 0.832. The summed E-state index contributed by atoms with van der Waals surface area (Å²) in [6, 6.07) is 13.2. The second-order valence-electron chi connectivity index (χ2n) is 7.08. The molecule has 0 saturated carbocycles. The van der Waals surface area contributed by atoms with Crippen LogP contribution in [0.5, 0.6) is 0 Å². The van der Waals surface area contributed by atoms with Gasteiger partial charge in [0.15, 0.2) is 5.72 Å². The predicted octanol–water partition coefficient (Wildman–Crippen LogP) is 2.00. The molecule has 2 amide bonds. The molecule has 2 aromatic rings. The summed E-state index contributed by atoms with van der Waals surface area (Å²) in [5, 5.41) is 0. The Morgan fingerprint density at radius 2 is 2.04 bits per heavy atom. The minimum absolute atomic E-state index is 0.0668. The number of amides is 2. The lowest BCUT2D eigenvalue weighted by Gasteiger charge is -2.32. The van der Waals surface area contributed by atoms with E-state index in [-0.39, 0.29) is 24.0 Å². The molecule has 0 radical (unpaired) electrons. The fourth-order valence-electron chi connectivity index (χ4n) is 4.56. The van der Waals surface area contributed by atoms with Gasteiger partial charge in [-0.2, -0.15) is 0 Å². The highest BCUT2D eigenvalue weighted by atomic mass is 16.5. The van der Waals surface area contributed by atoms with Crippen LogP contribution in [-0.4, -0.2) is 51.5 Å². The number of benzene rings is 1. The number of ether oxygens (including phenoxy) is 1. The van der Waals surface area contributed by atoms with Gasteiger partial charge in [0.2, 0.25) is 5.91 Å². The highest BCUT2D eigenvalue weighted by Gasteiger charge is 2.64. The van der Waals surface area contributed by atoms with E-state index in [0.29, 0.717) is 31.5 Å². The minimum atomic E-state index is -0.685. The normalized spacial score (nSPS) is 29.8. The van der Waals surface area contributed by atoms with Crippen molar-refractivity contribution in [2.24, 2.45) is 0 Å². The van der Waals surface area contributed by atoms with Crippen molar-refractivity contribution in [2.45, 2.75) is 30.7 Å². The summed E-state index contributed by atoms with van der Waals surface area (Å²) in [4.78, 5) is 33.3. The molecule has 4 heterocycles. The third-order valence-corrected chi connectivity index (χ3v) is 5.77. The largest absolute Gasteiger partial charge is 0.343 e. The van der Waals surface area contributed by atoms with Crippen LogP contribution in [0.3, 0.4) is 0 Å². The van der Waals surface area contributed by atoms with E-state index in [1.54, 1.807) is 29.4 Å². The smallest absolute Gasteiger partial charge is 0.255 e. The molecule has 6 nitrogen and oxygen atoms in total. The number of carbonyl (C=O) groups is 2. The third kappa shape index (κ3) is 2.12. The molecule has 3 fully saturated rings. The van der Waals surface area contributed by atoms with Crippen LogP contribution in [0.2, 0.25) is 0 Å². The summed E-state index contributed by atoms with van der Waals surface area (Å²) < 4.78 is 6.47. The van der Waals surface area contributed by atoms with Gasteiger partial charge in [-0.25, -0.2) is 0 Å². The molecule has 3 aliphatic heterocycles. The molecular formula is C20H19N3O3. The molecule has 0 bridgehead atoms. The lowest BCUT2D eigenvalue weighted by atomic mass is 10.1. The zero-order valence-electron chi connectivity index (χ0n) is 14.2. The SMILES string of the molecule is O=C(c1cccnc1)N1CC[C@@]23O[C@H](c4ccccc4)CN2C(=O)C[C@@H]13. The zero-order chi connectivity index (χ0) is 17.7. The lowest BCUT2D eigenvalue weighted by Crippen LogP contribution is -2.48. The zero-order valence-corrected chi connectivity index (χ0v) is 14.2. The minimum Gasteiger partial charge on any atom is -0.343 e. The average molecular weight is 349 g/mol. The molecule has 0 aliphatic carbocycles. The molecule has 0 N–H and O–H groups in total. The molecule has 1 spiro atoms. The monoisotopic (exact) mass is 349 g/mol. The van der Waals surface area contributed by atoms with Gasteiger partial charge in [0.25, 0.3) is 5.91 Å². The summed E-state index contributed by atoms with van der Waals surface area (Å²) in [5.74, 6) is -0.0153. The van der Waals surface area contributed by atoms with Crippen LogP contribution >= 0.6 is 0 Å². The Labute approximate surface area is 151 Å². The number of pyridine rings is 1. The highest BCUT2D eigenvalue weighted by molar-refractivity contribution is 5.95. The summed E-state index contributed by atoms with van der Waals surface area (Å²) >= 11 is 0. The Bertz CT molecular complexity index is 857. The molecule has 6 heteroatoms. The van der Waals surface area contributed by atoms with Gasteiger partial charge in [-0.15, -0.1) is 0 Å². The summed E-state index contributed by atoms with van der Waals surface area (Å²) in [7, 11) is 0. The Morgan fingerprint density at radius 1 is 1.19 bits per heavy atom. The molecule has 3 atom stereocenters. The first kappa shape index (κ1) is 15.5.